The monoisotopic (exact) mass is 182 g/mol. The number of hydrogen-bond donors (Lipinski definition) is 0. The summed E-state index contributed by atoms with van der Waals surface area (Å²) in [6.45, 7) is 13.1. The first-order chi connectivity index (χ1) is 6.15. The smallest absolute Gasteiger partial charge is 0.0265 e. The van der Waals surface area contributed by atoms with Crippen LogP contribution in [0.5, 0.6) is 0 Å². The summed E-state index contributed by atoms with van der Waals surface area (Å²) < 4.78 is 0. The van der Waals surface area contributed by atoms with E-state index in [1.54, 1.807) is 0 Å². The Hall–Kier alpha value is -0.260. The van der Waals surface area contributed by atoms with Gasteiger partial charge < -0.3 is 0 Å². The van der Waals surface area contributed by atoms with E-state index < -0.39 is 0 Å². The third-order valence-electron chi connectivity index (χ3n) is 3.33. The molecule has 0 bridgehead atoms. The molecule has 0 rings (SSSR count). The van der Waals surface area contributed by atoms with Gasteiger partial charge in [0.05, 0.1) is 0 Å². The molecule has 2 unspecified atom stereocenters. The molecule has 0 N–H and O–H groups in total. The van der Waals surface area contributed by atoms with Gasteiger partial charge in [0.1, 0.15) is 0 Å². The van der Waals surface area contributed by atoms with E-state index in [0.29, 0.717) is 5.92 Å². The molecule has 0 heterocycles. The SMILES string of the molecule is C=CC(C)CCC(C)C(CC)CC. The van der Waals surface area contributed by atoms with Gasteiger partial charge in [-0.3, -0.25) is 0 Å². The van der Waals surface area contributed by atoms with Gasteiger partial charge in [0.15, 0.2) is 0 Å². The minimum atomic E-state index is 0.691. The van der Waals surface area contributed by atoms with E-state index in [4.69, 9.17) is 0 Å². The highest BCUT2D eigenvalue weighted by atomic mass is 14.2. The average Bonchev–Trinajstić information content (AvgIpc) is 2.16. The van der Waals surface area contributed by atoms with E-state index in [0.717, 1.165) is 11.8 Å². The van der Waals surface area contributed by atoms with Crippen LogP contribution in [0, 0.1) is 17.8 Å². The summed E-state index contributed by atoms with van der Waals surface area (Å²) in [5.74, 6) is 2.51. The van der Waals surface area contributed by atoms with Crippen LogP contribution >= 0.6 is 0 Å². The molecule has 0 fully saturated rings. The van der Waals surface area contributed by atoms with Gasteiger partial charge in [0.2, 0.25) is 0 Å². The molecule has 2 atom stereocenters. The van der Waals surface area contributed by atoms with Crippen LogP contribution in [0.1, 0.15) is 53.4 Å². The van der Waals surface area contributed by atoms with Crippen LogP contribution in [0.2, 0.25) is 0 Å². The van der Waals surface area contributed by atoms with Gasteiger partial charge in [-0.2, -0.15) is 0 Å². The maximum absolute atomic E-state index is 3.82. The van der Waals surface area contributed by atoms with E-state index >= 15 is 0 Å². The highest BCUT2D eigenvalue weighted by molar-refractivity contribution is 4.76. The number of hydrogen-bond acceptors (Lipinski definition) is 0. The predicted molar refractivity (Wildman–Crippen MR) is 61.8 cm³/mol. The highest BCUT2D eigenvalue weighted by Gasteiger charge is 2.13. The molecule has 0 aliphatic heterocycles. The zero-order valence-corrected chi connectivity index (χ0v) is 9.84. The first-order valence-corrected chi connectivity index (χ1v) is 5.78. The predicted octanol–water partition coefficient (Wildman–Crippen LogP) is 4.66. The van der Waals surface area contributed by atoms with Gasteiger partial charge in [-0.05, 0) is 30.6 Å². The molecule has 0 spiro atoms. The topological polar surface area (TPSA) is 0 Å². The summed E-state index contributed by atoms with van der Waals surface area (Å²) >= 11 is 0. The molecular weight excluding hydrogens is 156 g/mol. The molecule has 0 saturated carbocycles. The zero-order chi connectivity index (χ0) is 10.3. The largest absolute Gasteiger partial charge is 0.103 e. The molecule has 0 aliphatic carbocycles. The quantitative estimate of drug-likeness (QED) is 0.502. The summed E-state index contributed by atoms with van der Waals surface area (Å²) in [4.78, 5) is 0. The Kier molecular flexibility index (Phi) is 7.03. The minimum Gasteiger partial charge on any atom is -0.103 e. The van der Waals surface area contributed by atoms with Gasteiger partial charge in [-0.25, -0.2) is 0 Å². The molecule has 0 saturated heterocycles. The van der Waals surface area contributed by atoms with Gasteiger partial charge in [0.25, 0.3) is 0 Å². The Morgan fingerprint density at radius 1 is 1.08 bits per heavy atom. The Bertz CT molecular complexity index is 122. The molecule has 0 amide bonds. The zero-order valence-electron chi connectivity index (χ0n) is 9.84. The molecule has 0 aromatic heterocycles. The van der Waals surface area contributed by atoms with Crippen molar-refractivity contribution in [3.8, 4) is 0 Å². The van der Waals surface area contributed by atoms with Crippen LogP contribution in [0.15, 0.2) is 12.7 Å². The molecule has 0 heteroatoms. The fourth-order valence-electron chi connectivity index (χ4n) is 1.97. The second kappa shape index (κ2) is 7.17. The Morgan fingerprint density at radius 3 is 2.00 bits per heavy atom. The molecule has 13 heavy (non-hydrogen) atoms. The Morgan fingerprint density at radius 2 is 1.62 bits per heavy atom. The van der Waals surface area contributed by atoms with Gasteiger partial charge >= 0.3 is 0 Å². The number of rotatable bonds is 7. The second-order valence-corrected chi connectivity index (χ2v) is 4.34. The third kappa shape index (κ3) is 5.13. The fourth-order valence-corrected chi connectivity index (χ4v) is 1.97. The molecule has 0 radical (unpaired) electrons. The molecule has 0 nitrogen and oxygen atoms in total. The first-order valence-electron chi connectivity index (χ1n) is 5.78. The highest BCUT2D eigenvalue weighted by Crippen LogP contribution is 2.25. The summed E-state index contributed by atoms with van der Waals surface area (Å²) in [6, 6.07) is 0. The Balaban J connectivity index is 3.71. The van der Waals surface area contributed by atoms with E-state index in [9.17, 15) is 0 Å². The fraction of sp³-hybridized carbons (Fsp3) is 0.846. The maximum atomic E-state index is 3.82. The van der Waals surface area contributed by atoms with Crippen molar-refractivity contribution in [1.29, 1.82) is 0 Å². The summed E-state index contributed by atoms with van der Waals surface area (Å²) in [6.07, 6.45) is 7.40. The van der Waals surface area contributed by atoms with Crippen molar-refractivity contribution in [2.45, 2.75) is 53.4 Å². The normalized spacial score (nSPS) is 15.8. The van der Waals surface area contributed by atoms with Crippen molar-refractivity contribution < 1.29 is 0 Å². The lowest BCUT2D eigenvalue weighted by molar-refractivity contribution is 0.304. The molecule has 0 aliphatic rings. The van der Waals surface area contributed by atoms with Crippen LogP contribution < -0.4 is 0 Å². The van der Waals surface area contributed by atoms with E-state index in [2.05, 4.69) is 40.3 Å². The molecule has 78 valence electrons. The van der Waals surface area contributed by atoms with E-state index in [1.807, 2.05) is 0 Å². The summed E-state index contributed by atoms with van der Waals surface area (Å²) in [5.41, 5.74) is 0. The lowest BCUT2D eigenvalue weighted by Crippen LogP contribution is -2.10. The molecule has 0 aromatic carbocycles. The Labute approximate surface area is 84.4 Å². The van der Waals surface area contributed by atoms with Crippen LogP contribution in [-0.2, 0) is 0 Å². The van der Waals surface area contributed by atoms with Crippen molar-refractivity contribution in [2.75, 3.05) is 0 Å². The van der Waals surface area contributed by atoms with Crippen LogP contribution in [0.25, 0.3) is 0 Å². The first kappa shape index (κ1) is 12.7. The molecule has 0 aromatic rings. The van der Waals surface area contributed by atoms with Gasteiger partial charge in [-0.1, -0.05) is 46.6 Å². The third-order valence-corrected chi connectivity index (χ3v) is 3.33. The molecular formula is C13H26. The van der Waals surface area contributed by atoms with Gasteiger partial charge in [-0.15, -0.1) is 6.58 Å². The van der Waals surface area contributed by atoms with Crippen molar-refractivity contribution in [3.63, 3.8) is 0 Å². The van der Waals surface area contributed by atoms with Crippen LogP contribution in [0.3, 0.4) is 0 Å². The number of allylic oxidation sites excluding steroid dienone is 1. The summed E-state index contributed by atoms with van der Waals surface area (Å²) in [7, 11) is 0. The van der Waals surface area contributed by atoms with Crippen molar-refractivity contribution in [3.05, 3.63) is 12.7 Å². The average molecular weight is 182 g/mol. The van der Waals surface area contributed by atoms with Crippen LogP contribution in [-0.4, -0.2) is 0 Å². The standard InChI is InChI=1S/C13H26/c1-6-11(4)9-10-12(5)13(7-2)8-3/h6,11-13H,1,7-10H2,2-5H3. The minimum absolute atomic E-state index is 0.691. The van der Waals surface area contributed by atoms with Crippen molar-refractivity contribution in [1.82, 2.24) is 0 Å². The lowest BCUT2D eigenvalue weighted by atomic mass is 9.84. The second-order valence-electron chi connectivity index (χ2n) is 4.34. The van der Waals surface area contributed by atoms with Crippen molar-refractivity contribution >= 4 is 0 Å². The maximum Gasteiger partial charge on any atom is -0.0265 e. The van der Waals surface area contributed by atoms with Gasteiger partial charge in [0, 0.05) is 0 Å². The van der Waals surface area contributed by atoms with E-state index in [-0.39, 0.29) is 0 Å². The van der Waals surface area contributed by atoms with E-state index in [1.165, 1.54) is 25.7 Å². The van der Waals surface area contributed by atoms with Crippen LogP contribution in [0.4, 0.5) is 0 Å². The summed E-state index contributed by atoms with van der Waals surface area (Å²) in [5, 5.41) is 0. The lowest BCUT2D eigenvalue weighted by Gasteiger charge is -2.21. The van der Waals surface area contributed by atoms with Crippen molar-refractivity contribution in [2.24, 2.45) is 17.8 Å².